The van der Waals surface area contributed by atoms with Gasteiger partial charge < -0.3 is 14.6 Å². The van der Waals surface area contributed by atoms with Crippen molar-refractivity contribution in [3.63, 3.8) is 0 Å². The fourth-order valence-electron chi connectivity index (χ4n) is 1.76. The molecule has 0 saturated heterocycles. The van der Waals surface area contributed by atoms with Crippen molar-refractivity contribution in [1.29, 1.82) is 0 Å². The van der Waals surface area contributed by atoms with Gasteiger partial charge in [-0.05, 0) is 35.2 Å². The van der Waals surface area contributed by atoms with Crippen molar-refractivity contribution in [2.24, 2.45) is 0 Å². The van der Waals surface area contributed by atoms with Crippen LogP contribution in [0.3, 0.4) is 0 Å². The van der Waals surface area contributed by atoms with Gasteiger partial charge in [0, 0.05) is 0 Å². The molecule has 0 heterocycles. The summed E-state index contributed by atoms with van der Waals surface area (Å²) < 4.78 is 5.51. The molecule has 0 radical (unpaired) electrons. The zero-order valence-corrected chi connectivity index (χ0v) is 10.8. The molecule has 0 aliphatic rings. The van der Waals surface area contributed by atoms with Crippen molar-refractivity contribution >= 4 is 5.97 Å². The highest BCUT2D eigenvalue weighted by Crippen LogP contribution is 2.22. The van der Waals surface area contributed by atoms with Crippen molar-refractivity contribution in [2.45, 2.75) is 13.3 Å². The molecular formula is C16H15O3-. The van der Waals surface area contributed by atoms with Gasteiger partial charge in [0.25, 0.3) is 0 Å². The Hall–Kier alpha value is -2.29. The summed E-state index contributed by atoms with van der Waals surface area (Å²) in [6, 6.07) is 14.4. The second-order valence-corrected chi connectivity index (χ2v) is 4.24. The molecule has 0 atom stereocenters. The molecule has 3 nitrogen and oxygen atoms in total. The van der Waals surface area contributed by atoms with Crippen LogP contribution in [0.15, 0.2) is 48.5 Å². The van der Waals surface area contributed by atoms with E-state index in [4.69, 9.17) is 4.74 Å². The minimum Gasteiger partial charge on any atom is -0.545 e. The monoisotopic (exact) mass is 255 g/mol. The third kappa shape index (κ3) is 3.35. The predicted molar refractivity (Wildman–Crippen MR) is 72.0 cm³/mol. The van der Waals surface area contributed by atoms with Gasteiger partial charge in [-0.3, -0.25) is 0 Å². The van der Waals surface area contributed by atoms with Gasteiger partial charge in [0.15, 0.2) is 0 Å². The number of hydrogen-bond donors (Lipinski definition) is 0. The molecular weight excluding hydrogens is 240 g/mol. The van der Waals surface area contributed by atoms with Crippen LogP contribution in [-0.2, 0) is 0 Å². The molecule has 19 heavy (non-hydrogen) atoms. The van der Waals surface area contributed by atoms with E-state index in [1.165, 1.54) is 0 Å². The summed E-state index contributed by atoms with van der Waals surface area (Å²) in [5.41, 5.74) is 2.17. The average molecular weight is 255 g/mol. The first-order valence-corrected chi connectivity index (χ1v) is 6.25. The Bertz CT molecular complexity index is 541. The van der Waals surface area contributed by atoms with Crippen molar-refractivity contribution in [3.8, 4) is 16.9 Å². The van der Waals surface area contributed by atoms with E-state index in [0.717, 1.165) is 23.3 Å². The summed E-state index contributed by atoms with van der Waals surface area (Å²) in [6.45, 7) is 2.77. The summed E-state index contributed by atoms with van der Waals surface area (Å²) in [6.07, 6.45) is 0.979. The Morgan fingerprint density at radius 2 is 1.53 bits per heavy atom. The Balaban J connectivity index is 2.15. The van der Waals surface area contributed by atoms with Gasteiger partial charge in [-0.15, -0.1) is 0 Å². The number of rotatable bonds is 5. The molecule has 2 rings (SSSR count). The van der Waals surface area contributed by atoms with E-state index in [1.54, 1.807) is 24.3 Å². The number of aromatic carboxylic acids is 1. The minimum absolute atomic E-state index is 0.187. The Morgan fingerprint density at radius 3 is 2.00 bits per heavy atom. The van der Waals surface area contributed by atoms with E-state index in [9.17, 15) is 9.90 Å². The normalized spacial score (nSPS) is 10.2. The molecule has 0 fully saturated rings. The van der Waals surface area contributed by atoms with Crippen LogP contribution in [0.1, 0.15) is 23.7 Å². The van der Waals surface area contributed by atoms with Crippen LogP contribution in [0.5, 0.6) is 5.75 Å². The number of ether oxygens (including phenoxy) is 1. The van der Waals surface area contributed by atoms with E-state index in [2.05, 4.69) is 6.92 Å². The van der Waals surface area contributed by atoms with Crippen molar-refractivity contribution in [1.82, 2.24) is 0 Å². The first kappa shape index (κ1) is 13.1. The average Bonchev–Trinajstić information content (AvgIpc) is 2.46. The molecule has 0 unspecified atom stereocenters. The van der Waals surface area contributed by atoms with E-state index < -0.39 is 5.97 Å². The van der Waals surface area contributed by atoms with Gasteiger partial charge >= 0.3 is 0 Å². The first-order valence-electron chi connectivity index (χ1n) is 6.25. The maximum absolute atomic E-state index is 10.7. The van der Waals surface area contributed by atoms with Crippen molar-refractivity contribution < 1.29 is 14.6 Å². The van der Waals surface area contributed by atoms with Crippen LogP contribution >= 0.6 is 0 Å². The van der Waals surface area contributed by atoms with Crippen LogP contribution < -0.4 is 9.84 Å². The largest absolute Gasteiger partial charge is 0.545 e. The van der Waals surface area contributed by atoms with Crippen LogP contribution in [0.25, 0.3) is 11.1 Å². The fourth-order valence-corrected chi connectivity index (χ4v) is 1.76. The highest BCUT2D eigenvalue weighted by Gasteiger charge is 2.00. The molecule has 0 amide bonds. The molecule has 2 aromatic carbocycles. The molecule has 2 aromatic rings. The van der Waals surface area contributed by atoms with Crippen molar-refractivity contribution in [2.75, 3.05) is 6.61 Å². The molecule has 3 heteroatoms. The summed E-state index contributed by atoms with van der Waals surface area (Å²) in [7, 11) is 0. The third-order valence-electron chi connectivity index (χ3n) is 2.78. The Labute approximate surface area is 112 Å². The summed E-state index contributed by atoms with van der Waals surface area (Å²) >= 11 is 0. The minimum atomic E-state index is -1.16. The first-order chi connectivity index (χ1) is 9.20. The molecule has 0 aliphatic heterocycles. The maximum Gasteiger partial charge on any atom is 0.119 e. The summed E-state index contributed by atoms with van der Waals surface area (Å²) in [5, 5.41) is 10.7. The van der Waals surface area contributed by atoms with Crippen molar-refractivity contribution in [3.05, 3.63) is 54.1 Å². The molecule has 98 valence electrons. The van der Waals surface area contributed by atoms with E-state index in [1.807, 2.05) is 24.3 Å². The number of benzene rings is 2. The highest BCUT2D eigenvalue weighted by molar-refractivity contribution is 5.86. The van der Waals surface area contributed by atoms with Crippen LogP contribution in [-0.4, -0.2) is 12.6 Å². The van der Waals surface area contributed by atoms with E-state index >= 15 is 0 Å². The smallest absolute Gasteiger partial charge is 0.119 e. The SMILES string of the molecule is CCCOc1ccc(-c2ccc(C(=O)[O-])cc2)cc1. The molecule has 0 spiro atoms. The number of carbonyl (C=O) groups is 1. The predicted octanol–water partition coefficient (Wildman–Crippen LogP) is 2.51. The second kappa shape index (κ2) is 6.05. The number of carboxylic acid groups (broad SMARTS) is 1. The molecule has 0 N–H and O–H groups in total. The third-order valence-corrected chi connectivity index (χ3v) is 2.78. The zero-order chi connectivity index (χ0) is 13.7. The van der Waals surface area contributed by atoms with Gasteiger partial charge in [0.05, 0.1) is 12.6 Å². The Kier molecular flexibility index (Phi) is 4.18. The van der Waals surface area contributed by atoms with Gasteiger partial charge in [0.2, 0.25) is 0 Å². The van der Waals surface area contributed by atoms with Crippen LogP contribution in [0.4, 0.5) is 0 Å². The quantitative estimate of drug-likeness (QED) is 0.824. The lowest BCUT2D eigenvalue weighted by Crippen LogP contribution is -2.21. The zero-order valence-electron chi connectivity index (χ0n) is 10.8. The van der Waals surface area contributed by atoms with Gasteiger partial charge in [-0.2, -0.15) is 0 Å². The van der Waals surface area contributed by atoms with Gasteiger partial charge in [-0.1, -0.05) is 43.3 Å². The highest BCUT2D eigenvalue weighted by atomic mass is 16.5. The standard InChI is InChI=1S/C16H16O3/c1-2-11-19-15-9-7-13(8-10-15)12-3-5-14(6-4-12)16(17)18/h3-10H,2,11H2,1H3,(H,17,18)/p-1. The number of carbonyl (C=O) groups excluding carboxylic acids is 1. The second-order valence-electron chi connectivity index (χ2n) is 4.24. The number of hydrogen-bond acceptors (Lipinski definition) is 3. The maximum atomic E-state index is 10.7. The molecule has 0 aromatic heterocycles. The lowest BCUT2D eigenvalue weighted by atomic mass is 10.0. The lowest BCUT2D eigenvalue weighted by molar-refractivity contribution is -0.255. The fraction of sp³-hybridized carbons (Fsp3) is 0.188. The van der Waals surface area contributed by atoms with Crippen LogP contribution in [0, 0.1) is 0 Å². The Morgan fingerprint density at radius 1 is 1.00 bits per heavy atom. The van der Waals surface area contributed by atoms with Gasteiger partial charge in [0.1, 0.15) is 5.75 Å². The summed E-state index contributed by atoms with van der Waals surface area (Å²) in [4.78, 5) is 10.7. The van der Waals surface area contributed by atoms with E-state index in [0.29, 0.717) is 6.61 Å². The van der Waals surface area contributed by atoms with E-state index in [-0.39, 0.29) is 5.56 Å². The summed E-state index contributed by atoms with van der Waals surface area (Å²) in [5.74, 6) is -0.313. The van der Waals surface area contributed by atoms with Crippen LogP contribution in [0.2, 0.25) is 0 Å². The molecule has 0 aliphatic carbocycles. The topological polar surface area (TPSA) is 49.4 Å². The van der Waals surface area contributed by atoms with Gasteiger partial charge in [-0.25, -0.2) is 0 Å². The number of carboxylic acids is 1. The lowest BCUT2D eigenvalue weighted by Gasteiger charge is -2.07. The molecule has 0 saturated carbocycles. The molecule has 0 bridgehead atoms.